The first kappa shape index (κ1) is 23.7. The zero-order chi connectivity index (χ0) is 19.9. The fraction of sp³-hybridized carbons (Fsp3) is 0.600. The van der Waals surface area contributed by atoms with Crippen molar-refractivity contribution in [1.82, 2.24) is 20.4 Å². The van der Waals surface area contributed by atoms with Gasteiger partial charge in [0.2, 0.25) is 5.91 Å². The number of hydrogen-bond donors (Lipinski definition) is 2. The van der Waals surface area contributed by atoms with Crippen LogP contribution in [0.15, 0.2) is 23.2 Å². The Hall–Kier alpha value is -1.62. The summed E-state index contributed by atoms with van der Waals surface area (Å²) in [5, 5.41) is 6.33. The Labute approximate surface area is 189 Å². The van der Waals surface area contributed by atoms with Crippen molar-refractivity contribution in [2.45, 2.75) is 32.4 Å². The molecule has 0 atom stereocenters. The van der Waals surface area contributed by atoms with Crippen molar-refractivity contribution in [3.8, 4) is 5.75 Å². The first-order chi connectivity index (χ1) is 13.6. The van der Waals surface area contributed by atoms with Crippen molar-refractivity contribution in [1.29, 1.82) is 0 Å². The van der Waals surface area contributed by atoms with E-state index < -0.39 is 0 Å². The number of guanidine groups is 1. The molecule has 0 unspecified atom stereocenters. The van der Waals surface area contributed by atoms with E-state index in [4.69, 9.17) is 4.74 Å². The van der Waals surface area contributed by atoms with Gasteiger partial charge in [0.25, 0.3) is 0 Å². The average Bonchev–Trinajstić information content (AvgIpc) is 3.49. The van der Waals surface area contributed by atoms with Gasteiger partial charge in [-0.25, -0.2) is 4.39 Å². The lowest BCUT2D eigenvalue weighted by molar-refractivity contribution is -0.122. The molecule has 29 heavy (non-hydrogen) atoms. The maximum atomic E-state index is 14.0. The van der Waals surface area contributed by atoms with Gasteiger partial charge in [0.05, 0.1) is 13.2 Å². The molecule has 1 aromatic rings. The van der Waals surface area contributed by atoms with Crippen molar-refractivity contribution in [2.24, 2.45) is 4.99 Å². The van der Waals surface area contributed by atoms with Gasteiger partial charge in [0, 0.05) is 45.8 Å². The highest BCUT2D eigenvalue weighted by Gasteiger charge is 2.25. The highest BCUT2D eigenvalue weighted by Crippen LogP contribution is 2.19. The predicted octanol–water partition coefficient (Wildman–Crippen LogP) is 1.81. The number of rotatable bonds is 7. The SMILES string of the molecule is CCOc1ccc(CNC(=NC)N2CCN(CC(=O)NC3CC3)CC2)cc1F.I. The van der Waals surface area contributed by atoms with E-state index in [2.05, 4.69) is 25.4 Å². The van der Waals surface area contributed by atoms with Crippen LogP contribution in [0.4, 0.5) is 4.39 Å². The van der Waals surface area contributed by atoms with Gasteiger partial charge in [-0.15, -0.1) is 24.0 Å². The summed E-state index contributed by atoms with van der Waals surface area (Å²) in [5.41, 5.74) is 0.831. The zero-order valence-electron chi connectivity index (χ0n) is 17.1. The van der Waals surface area contributed by atoms with Gasteiger partial charge < -0.3 is 20.3 Å². The third-order valence-corrected chi connectivity index (χ3v) is 4.94. The van der Waals surface area contributed by atoms with Crippen LogP contribution in [-0.4, -0.2) is 74.1 Å². The minimum atomic E-state index is -0.353. The second-order valence-corrected chi connectivity index (χ2v) is 7.20. The molecule has 1 saturated heterocycles. The summed E-state index contributed by atoms with van der Waals surface area (Å²) >= 11 is 0. The maximum Gasteiger partial charge on any atom is 0.234 e. The van der Waals surface area contributed by atoms with Gasteiger partial charge in [-0.3, -0.25) is 14.7 Å². The number of nitrogens with zero attached hydrogens (tertiary/aromatic N) is 3. The molecule has 2 N–H and O–H groups in total. The number of nitrogens with one attached hydrogen (secondary N) is 2. The van der Waals surface area contributed by atoms with Crippen LogP contribution in [-0.2, 0) is 11.3 Å². The van der Waals surface area contributed by atoms with Crippen LogP contribution in [0.5, 0.6) is 5.75 Å². The molecule has 1 amide bonds. The lowest BCUT2D eigenvalue weighted by Crippen LogP contribution is -2.54. The lowest BCUT2D eigenvalue weighted by atomic mass is 10.2. The summed E-state index contributed by atoms with van der Waals surface area (Å²) < 4.78 is 19.2. The molecule has 9 heteroatoms. The number of halogens is 2. The molecule has 1 heterocycles. The number of carbonyl (C=O) groups is 1. The molecule has 162 valence electrons. The third kappa shape index (κ3) is 7.29. The quantitative estimate of drug-likeness (QED) is 0.327. The molecule has 1 aromatic carbocycles. The highest BCUT2D eigenvalue weighted by atomic mass is 127. The van der Waals surface area contributed by atoms with E-state index in [1.165, 1.54) is 6.07 Å². The van der Waals surface area contributed by atoms with Crippen LogP contribution in [0, 0.1) is 5.82 Å². The molecule has 1 saturated carbocycles. The molecule has 7 nitrogen and oxygen atoms in total. The van der Waals surface area contributed by atoms with E-state index >= 15 is 0 Å². The van der Waals surface area contributed by atoms with Crippen molar-refractivity contribution < 1.29 is 13.9 Å². The smallest absolute Gasteiger partial charge is 0.234 e. The van der Waals surface area contributed by atoms with Crippen LogP contribution in [0.2, 0.25) is 0 Å². The van der Waals surface area contributed by atoms with Crippen LogP contribution in [0.25, 0.3) is 0 Å². The summed E-state index contributed by atoms with van der Waals surface area (Å²) in [6, 6.07) is 5.40. The molecule has 0 spiro atoms. The molecular formula is C20H31FIN5O2. The van der Waals surface area contributed by atoms with Crippen LogP contribution >= 0.6 is 24.0 Å². The number of piperazine rings is 1. The molecule has 2 fully saturated rings. The molecule has 1 aliphatic heterocycles. The Morgan fingerprint density at radius 1 is 1.28 bits per heavy atom. The number of amides is 1. The molecule has 0 radical (unpaired) electrons. The Balaban J connectivity index is 0.00000300. The predicted molar refractivity (Wildman–Crippen MR) is 122 cm³/mol. The summed E-state index contributed by atoms with van der Waals surface area (Å²) in [7, 11) is 1.75. The normalized spacial score (nSPS) is 17.5. The molecule has 0 aromatic heterocycles. The van der Waals surface area contributed by atoms with E-state index in [1.807, 2.05) is 13.0 Å². The summed E-state index contributed by atoms with van der Waals surface area (Å²) in [4.78, 5) is 20.6. The van der Waals surface area contributed by atoms with Crippen LogP contribution in [0.1, 0.15) is 25.3 Å². The van der Waals surface area contributed by atoms with Crippen molar-refractivity contribution >= 4 is 35.8 Å². The van der Waals surface area contributed by atoms with E-state index in [0.717, 1.165) is 50.5 Å². The first-order valence-electron chi connectivity index (χ1n) is 9.97. The lowest BCUT2D eigenvalue weighted by Gasteiger charge is -2.36. The summed E-state index contributed by atoms with van der Waals surface area (Å²) in [6.07, 6.45) is 2.22. The summed E-state index contributed by atoms with van der Waals surface area (Å²) in [6.45, 7) is 6.45. The Kier molecular flexibility index (Phi) is 9.41. The monoisotopic (exact) mass is 519 g/mol. The molecule has 3 rings (SSSR count). The second kappa shape index (κ2) is 11.5. The number of hydrogen-bond acceptors (Lipinski definition) is 4. The Morgan fingerprint density at radius 2 is 2.00 bits per heavy atom. The maximum absolute atomic E-state index is 14.0. The molecular weight excluding hydrogens is 488 g/mol. The van der Waals surface area contributed by atoms with Gasteiger partial charge in [-0.1, -0.05) is 6.07 Å². The van der Waals surface area contributed by atoms with E-state index in [0.29, 0.717) is 25.7 Å². The fourth-order valence-corrected chi connectivity index (χ4v) is 3.26. The first-order valence-corrected chi connectivity index (χ1v) is 9.97. The van der Waals surface area contributed by atoms with Gasteiger partial charge in [0.1, 0.15) is 0 Å². The Bertz CT molecular complexity index is 706. The van der Waals surface area contributed by atoms with Crippen molar-refractivity contribution in [3.05, 3.63) is 29.6 Å². The zero-order valence-corrected chi connectivity index (χ0v) is 19.4. The van der Waals surface area contributed by atoms with Gasteiger partial charge in [-0.2, -0.15) is 0 Å². The highest BCUT2D eigenvalue weighted by molar-refractivity contribution is 14.0. The number of benzene rings is 1. The van der Waals surface area contributed by atoms with E-state index in [9.17, 15) is 9.18 Å². The molecule has 1 aliphatic carbocycles. The van der Waals surface area contributed by atoms with Gasteiger partial charge in [0.15, 0.2) is 17.5 Å². The van der Waals surface area contributed by atoms with E-state index in [1.54, 1.807) is 13.1 Å². The fourth-order valence-electron chi connectivity index (χ4n) is 3.26. The second-order valence-electron chi connectivity index (χ2n) is 7.20. The van der Waals surface area contributed by atoms with Crippen molar-refractivity contribution in [3.63, 3.8) is 0 Å². The molecule has 0 bridgehead atoms. The minimum Gasteiger partial charge on any atom is -0.491 e. The topological polar surface area (TPSA) is 69.2 Å². The average molecular weight is 519 g/mol. The van der Waals surface area contributed by atoms with E-state index in [-0.39, 0.29) is 41.5 Å². The Morgan fingerprint density at radius 3 is 2.59 bits per heavy atom. The van der Waals surface area contributed by atoms with Gasteiger partial charge in [-0.05, 0) is 37.5 Å². The largest absolute Gasteiger partial charge is 0.491 e. The van der Waals surface area contributed by atoms with Crippen LogP contribution < -0.4 is 15.4 Å². The van der Waals surface area contributed by atoms with Crippen LogP contribution in [0.3, 0.4) is 0 Å². The number of ether oxygens (including phenoxy) is 1. The number of aliphatic imine (C=N–C) groups is 1. The number of carbonyl (C=O) groups excluding carboxylic acids is 1. The van der Waals surface area contributed by atoms with Crippen molar-refractivity contribution in [2.75, 3.05) is 46.4 Å². The van der Waals surface area contributed by atoms with Gasteiger partial charge >= 0.3 is 0 Å². The summed E-state index contributed by atoms with van der Waals surface area (Å²) in [5.74, 6) is 0.832. The minimum absolute atomic E-state index is 0. The third-order valence-electron chi connectivity index (χ3n) is 4.94. The standard InChI is InChI=1S/C20H30FN5O2.HI/c1-3-28-18-7-4-15(12-17(18)21)13-23-20(22-2)26-10-8-25(9-11-26)14-19(27)24-16-5-6-16;/h4,7,12,16H,3,5-6,8-11,13-14H2,1-2H3,(H,22,23)(H,24,27);1H. The molecule has 2 aliphatic rings.